The normalized spacial score (nSPS) is 15.5. The Labute approximate surface area is 292 Å². The van der Waals surface area contributed by atoms with Crippen molar-refractivity contribution in [1.82, 2.24) is 8.61 Å². The van der Waals surface area contributed by atoms with Gasteiger partial charge in [0.2, 0.25) is 20.0 Å². The van der Waals surface area contributed by atoms with Gasteiger partial charge in [0, 0.05) is 37.3 Å². The lowest BCUT2D eigenvalue weighted by Crippen LogP contribution is -2.27. The highest BCUT2D eigenvalue weighted by atomic mass is 32.2. The fourth-order valence-electron chi connectivity index (χ4n) is 6.05. The van der Waals surface area contributed by atoms with Crippen LogP contribution in [-0.4, -0.2) is 77.7 Å². The van der Waals surface area contributed by atoms with E-state index in [9.17, 15) is 26.4 Å². The lowest BCUT2D eigenvalue weighted by Gasteiger charge is -2.16. The molecule has 0 spiro atoms. The quantitative estimate of drug-likeness (QED) is 0.208. The first-order valence-corrected chi connectivity index (χ1v) is 19.1. The van der Waals surface area contributed by atoms with Crippen molar-refractivity contribution in [3.05, 3.63) is 96.1 Å². The molecule has 2 amide bonds. The van der Waals surface area contributed by atoms with Crippen LogP contribution in [0, 0.1) is 0 Å². The third-order valence-electron chi connectivity index (χ3n) is 8.87. The number of nitrogens with one attached hydrogen (secondary N) is 2. The van der Waals surface area contributed by atoms with Crippen LogP contribution in [0.3, 0.4) is 0 Å². The lowest BCUT2D eigenvalue weighted by molar-refractivity contribution is 0.101. The average molecular weight is 719 g/mol. The van der Waals surface area contributed by atoms with Crippen LogP contribution in [0.5, 0.6) is 11.5 Å². The van der Waals surface area contributed by atoms with Crippen molar-refractivity contribution in [2.75, 3.05) is 51.0 Å². The standard InChI is InChI=1S/C36H38N4O8S2/c1-47-33-23-27(11-17-31(33)37-35(41)25-7-13-29(14-8-25)49(43,44)39-19-3-4-20-39)28-12-18-32(34(24-28)48-2)38-36(42)26-9-15-30(16-10-26)50(45,46)40-21-5-6-22-40/h7-18,23-24H,3-6,19-22H2,1-2H3,(H,37,41)(H,38,42). The Morgan fingerprint density at radius 1 is 0.540 bits per heavy atom. The molecule has 0 radical (unpaired) electrons. The minimum atomic E-state index is -3.58. The SMILES string of the molecule is COc1cc(-c2ccc(NC(=O)c3ccc(S(=O)(=O)N4CCCC4)cc3)c(OC)c2)ccc1NC(=O)c1ccc(S(=O)(=O)N2CCCC2)cc1. The van der Waals surface area contributed by atoms with Gasteiger partial charge in [-0.2, -0.15) is 8.61 Å². The first-order chi connectivity index (χ1) is 24.0. The number of rotatable bonds is 11. The first-order valence-electron chi connectivity index (χ1n) is 16.2. The summed E-state index contributed by atoms with van der Waals surface area (Å²) in [5.74, 6) is -0.0529. The second kappa shape index (κ2) is 14.6. The van der Waals surface area contributed by atoms with Crippen LogP contribution in [-0.2, 0) is 20.0 Å². The molecule has 6 rings (SSSR count). The van der Waals surface area contributed by atoms with Gasteiger partial charge in [-0.05, 0) is 110 Å². The smallest absolute Gasteiger partial charge is 0.255 e. The van der Waals surface area contributed by atoms with Crippen molar-refractivity contribution in [1.29, 1.82) is 0 Å². The number of ether oxygens (including phenoxy) is 2. The molecule has 0 aliphatic carbocycles. The van der Waals surface area contributed by atoms with E-state index in [0.717, 1.165) is 36.8 Å². The molecule has 2 N–H and O–H groups in total. The third-order valence-corrected chi connectivity index (χ3v) is 12.7. The highest BCUT2D eigenvalue weighted by Crippen LogP contribution is 2.35. The van der Waals surface area contributed by atoms with E-state index in [1.807, 2.05) is 0 Å². The summed E-state index contributed by atoms with van der Waals surface area (Å²) in [4.78, 5) is 26.5. The predicted molar refractivity (Wildman–Crippen MR) is 190 cm³/mol. The summed E-state index contributed by atoms with van der Waals surface area (Å²) in [6.45, 7) is 2.00. The van der Waals surface area contributed by atoms with E-state index in [1.54, 1.807) is 36.4 Å². The van der Waals surface area contributed by atoms with Crippen molar-refractivity contribution in [2.24, 2.45) is 0 Å². The van der Waals surface area contributed by atoms with Gasteiger partial charge >= 0.3 is 0 Å². The van der Waals surface area contributed by atoms with Crippen LogP contribution < -0.4 is 20.1 Å². The zero-order valence-electron chi connectivity index (χ0n) is 27.7. The Hall–Kier alpha value is -4.76. The van der Waals surface area contributed by atoms with Crippen LogP contribution in [0.2, 0.25) is 0 Å². The van der Waals surface area contributed by atoms with Crippen molar-refractivity contribution >= 4 is 43.2 Å². The maximum atomic E-state index is 13.1. The molecule has 4 aromatic carbocycles. The van der Waals surface area contributed by atoms with E-state index in [1.165, 1.54) is 71.4 Å². The van der Waals surface area contributed by atoms with Gasteiger partial charge in [-0.3, -0.25) is 9.59 Å². The van der Waals surface area contributed by atoms with Gasteiger partial charge in [0.05, 0.1) is 35.4 Å². The van der Waals surface area contributed by atoms with E-state index < -0.39 is 31.9 Å². The number of hydrogen-bond acceptors (Lipinski definition) is 8. The number of benzene rings is 4. The minimum Gasteiger partial charge on any atom is -0.495 e. The fourth-order valence-corrected chi connectivity index (χ4v) is 9.08. The highest BCUT2D eigenvalue weighted by molar-refractivity contribution is 7.89. The summed E-state index contributed by atoms with van der Waals surface area (Å²) in [6, 6.07) is 22.2. The van der Waals surface area contributed by atoms with Gasteiger partial charge in [0.15, 0.2) is 0 Å². The van der Waals surface area contributed by atoms with E-state index in [0.29, 0.717) is 60.2 Å². The van der Waals surface area contributed by atoms with Crippen LogP contribution >= 0.6 is 0 Å². The Morgan fingerprint density at radius 2 is 0.880 bits per heavy atom. The topological polar surface area (TPSA) is 151 Å². The molecule has 2 heterocycles. The van der Waals surface area contributed by atoms with Crippen LogP contribution in [0.15, 0.2) is 94.7 Å². The van der Waals surface area contributed by atoms with E-state index in [2.05, 4.69) is 10.6 Å². The molecule has 50 heavy (non-hydrogen) atoms. The maximum Gasteiger partial charge on any atom is 0.255 e. The van der Waals surface area contributed by atoms with Gasteiger partial charge in [-0.25, -0.2) is 16.8 Å². The summed E-state index contributed by atoms with van der Waals surface area (Å²) >= 11 is 0. The summed E-state index contributed by atoms with van der Waals surface area (Å²) in [6.07, 6.45) is 3.35. The van der Waals surface area contributed by atoms with Gasteiger partial charge in [0.1, 0.15) is 11.5 Å². The average Bonchev–Trinajstić information content (AvgIpc) is 3.89. The van der Waals surface area contributed by atoms with Gasteiger partial charge in [0.25, 0.3) is 11.8 Å². The molecular formula is C36H38N4O8S2. The summed E-state index contributed by atoms with van der Waals surface area (Å²) in [5.41, 5.74) is 2.93. The van der Waals surface area contributed by atoms with Crippen molar-refractivity contribution < 1.29 is 35.9 Å². The molecule has 2 fully saturated rings. The Kier molecular flexibility index (Phi) is 10.3. The van der Waals surface area contributed by atoms with Crippen molar-refractivity contribution in [3.63, 3.8) is 0 Å². The minimum absolute atomic E-state index is 0.151. The number of carbonyl (C=O) groups is 2. The molecule has 0 aromatic heterocycles. The fraction of sp³-hybridized carbons (Fsp3) is 0.278. The number of carbonyl (C=O) groups excluding carboxylic acids is 2. The summed E-state index contributed by atoms with van der Waals surface area (Å²) in [5, 5.41) is 5.67. The summed E-state index contributed by atoms with van der Waals surface area (Å²) in [7, 11) is -4.20. The van der Waals surface area contributed by atoms with Crippen LogP contribution in [0.25, 0.3) is 11.1 Å². The number of amides is 2. The maximum absolute atomic E-state index is 13.1. The Morgan fingerprint density at radius 3 is 1.20 bits per heavy atom. The largest absolute Gasteiger partial charge is 0.495 e. The van der Waals surface area contributed by atoms with Gasteiger partial charge < -0.3 is 20.1 Å². The molecular weight excluding hydrogens is 681 g/mol. The van der Waals surface area contributed by atoms with E-state index >= 15 is 0 Å². The molecule has 4 aromatic rings. The third kappa shape index (κ3) is 7.24. The lowest BCUT2D eigenvalue weighted by atomic mass is 10.0. The molecule has 2 aliphatic rings. The monoisotopic (exact) mass is 718 g/mol. The molecule has 12 nitrogen and oxygen atoms in total. The number of anilines is 2. The number of nitrogens with zero attached hydrogens (tertiary/aromatic N) is 2. The predicted octanol–water partition coefficient (Wildman–Crippen LogP) is 5.44. The van der Waals surface area contributed by atoms with Crippen molar-refractivity contribution in [3.8, 4) is 22.6 Å². The first kappa shape index (κ1) is 35.1. The summed E-state index contributed by atoms with van der Waals surface area (Å²) < 4.78 is 65.4. The molecule has 2 saturated heterocycles. The van der Waals surface area contributed by atoms with Crippen LogP contribution in [0.1, 0.15) is 46.4 Å². The molecule has 0 saturated carbocycles. The second-order valence-corrected chi connectivity index (χ2v) is 15.9. The van der Waals surface area contributed by atoms with E-state index in [-0.39, 0.29) is 9.79 Å². The molecule has 0 unspecified atom stereocenters. The molecule has 262 valence electrons. The zero-order chi connectivity index (χ0) is 35.5. The zero-order valence-corrected chi connectivity index (χ0v) is 29.3. The molecule has 2 aliphatic heterocycles. The number of methoxy groups -OCH3 is 2. The number of sulfonamides is 2. The number of hydrogen-bond donors (Lipinski definition) is 2. The Bertz CT molecular complexity index is 1960. The Balaban J connectivity index is 1.13. The van der Waals surface area contributed by atoms with Crippen LogP contribution in [0.4, 0.5) is 11.4 Å². The molecule has 0 atom stereocenters. The van der Waals surface area contributed by atoms with E-state index in [4.69, 9.17) is 9.47 Å². The molecule has 14 heteroatoms. The second-order valence-electron chi connectivity index (χ2n) is 12.0. The molecule has 0 bridgehead atoms. The van der Waals surface area contributed by atoms with Gasteiger partial charge in [-0.1, -0.05) is 12.1 Å². The van der Waals surface area contributed by atoms with Crippen molar-refractivity contribution in [2.45, 2.75) is 35.5 Å². The highest BCUT2D eigenvalue weighted by Gasteiger charge is 2.28. The van der Waals surface area contributed by atoms with Gasteiger partial charge in [-0.15, -0.1) is 0 Å².